The van der Waals surface area contributed by atoms with E-state index in [1.54, 1.807) is 24.3 Å². The van der Waals surface area contributed by atoms with Crippen LogP contribution in [-0.4, -0.2) is 64.6 Å². The predicted molar refractivity (Wildman–Crippen MR) is 243 cm³/mol. The topological polar surface area (TPSA) is 194 Å². The van der Waals surface area contributed by atoms with Gasteiger partial charge in [0.1, 0.15) is 28.6 Å². The van der Waals surface area contributed by atoms with Crippen molar-refractivity contribution in [2.24, 2.45) is 17.8 Å². The van der Waals surface area contributed by atoms with Crippen molar-refractivity contribution in [3.8, 4) is 17.2 Å². The standard InChI is InChI=1S/C43H41Br3N6O9/c1-20(2)17-59-32-14-28(41(53)51-27-12-9-24(45)36-34(61-19-22(5)6)16-30(43(55)58-7)49-39(27)36)47-38-26(11-8-23(44)35(32)38)50-42(54)29-15-33(60-18-21(3)4)37-25(46)10-13-31(52(56)57)40(37)48-29/h8-16,20-22H,17-19H2,1-7H3,(H,50,54)(H,51,53). The van der Waals surface area contributed by atoms with E-state index in [4.69, 9.17) is 23.9 Å². The summed E-state index contributed by atoms with van der Waals surface area (Å²) in [5.41, 5.74) is 0.263. The fourth-order valence-electron chi connectivity index (χ4n) is 6.06. The first-order valence-corrected chi connectivity index (χ1v) is 21.5. The number of nitrogens with one attached hydrogen (secondary N) is 2. The highest BCUT2D eigenvalue weighted by molar-refractivity contribution is 9.11. The van der Waals surface area contributed by atoms with Crippen LogP contribution in [0.3, 0.4) is 0 Å². The highest BCUT2D eigenvalue weighted by Gasteiger charge is 2.26. The Morgan fingerprint density at radius 2 is 0.967 bits per heavy atom. The van der Waals surface area contributed by atoms with Crippen LogP contribution in [0.15, 0.2) is 68.0 Å². The van der Waals surface area contributed by atoms with Gasteiger partial charge in [0.2, 0.25) is 0 Å². The molecule has 3 aromatic carbocycles. The van der Waals surface area contributed by atoms with Crippen molar-refractivity contribution in [3.05, 3.63) is 95.2 Å². The molecule has 0 fully saturated rings. The third-order valence-electron chi connectivity index (χ3n) is 8.87. The van der Waals surface area contributed by atoms with Gasteiger partial charge in [0.15, 0.2) is 11.2 Å². The normalized spacial score (nSPS) is 11.4. The Bertz CT molecular complexity index is 2730. The van der Waals surface area contributed by atoms with Crippen LogP contribution in [0.2, 0.25) is 0 Å². The highest BCUT2D eigenvalue weighted by atomic mass is 79.9. The number of methoxy groups -OCH3 is 1. The Morgan fingerprint density at radius 3 is 1.36 bits per heavy atom. The molecule has 0 unspecified atom stereocenters. The molecule has 3 aromatic heterocycles. The first kappa shape index (κ1) is 45.1. The molecule has 0 spiro atoms. The maximum atomic E-state index is 14.3. The average molecular weight is 1030 g/mol. The average Bonchev–Trinajstić information content (AvgIpc) is 3.22. The second-order valence-electron chi connectivity index (χ2n) is 15.2. The summed E-state index contributed by atoms with van der Waals surface area (Å²) >= 11 is 10.6. The number of carbonyl (C=O) groups is 3. The molecule has 0 saturated carbocycles. The molecule has 318 valence electrons. The molecular weight excluding hydrogens is 984 g/mol. The Kier molecular flexibility index (Phi) is 14.1. The number of nitro groups is 1. The van der Waals surface area contributed by atoms with Crippen molar-refractivity contribution in [2.75, 3.05) is 37.6 Å². The number of nitrogens with zero attached hydrogens (tertiary/aromatic N) is 4. The summed E-state index contributed by atoms with van der Waals surface area (Å²) in [5, 5.41) is 19.2. The maximum absolute atomic E-state index is 14.3. The lowest BCUT2D eigenvalue weighted by atomic mass is 10.1. The van der Waals surface area contributed by atoms with Crippen molar-refractivity contribution < 1.29 is 38.3 Å². The van der Waals surface area contributed by atoms with E-state index >= 15 is 0 Å². The van der Waals surface area contributed by atoms with E-state index in [1.807, 2.05) is 41.5 Å². The molecule has 0 bridgehead atoms. The third-order valence-corrected chi connectivity index (χ3v) is 10.9. The van der Waals surface area contributed by atoms with E-state index in [0.29, 0.717) is 47.7 Å². The number of hydrogen-bond acceptors (Lipinski definition) is 12. The summed E-state index contributed by atoms with van der Waals surface area (Å²) in [6, 6.07) is 13.9. The van der Waals surface area contributed by atoms with E-state index in [1.165, 1.54) is 37.4 Å². The number of ether oxygens (including phenoxy) is 4. The van der Waals surface area contributed by atoms with Gasteiger partial charge >= 0.3 is 5.97 Å². The minimum Gasteiger partial charge on any atom is -0.492 e. The summed E-state index contributed by atoms with van der Waals surface area (Å²) in [6.45, 7) is 12.7. The minimum atomic E-state index is -0.722. The SMILES string of the molecule is COC(=O)c1cc(OCC(C)C)c2c(Br)ccc(NC(=O)c3cc(OCC(C)C)c4c(Br)ccc(NC(=O)c5cc(OCC(C)C)c6c(Br)ccc([N+](=O)[O-])c6n5)c4n3)c2n1. The van der Waals surface area contributed by atoms with Gasteiger partial charge in [-0.15, -0.1) is 0 Å². The predicted octanol–water partition coefficient (Wildman–Crippen LogP) is 10.9. The zero-order valence-electron chi connectivity index (χ0n) is 34.1. The van der Waals surface area contributed by atoms with Crippen molar-refractivity contribution in [1.29, 1.82) is 0 Å². The van der Waals surface area contributed by atoms with Gasteiger partial charge in [-0.2, -0.15) is 0 Å². The molecule has 61 heavy (non-hydrogen) atoms. The molecule has 2 N–H and O–H groups in total. The zero-order valence-corrected chi connectivity index (χ0v) is 38.9. The van der Waals surface area contributed by atoms with Crippen molar-refractivity contribution >= 4 is 115 Å². The number of halogens is 3. The van der Waals surface area contributed by atoms with Gasteiger partial charge in [-0.25, -0.2) is 19.7 Å². The van der Waals surface area contributed by atoms with Gasteiger partial charge in [-0.05, 0) is 95.9 Å². The summed E-state index contributed by atoms with van der Waals surface area (Å²) in [4.78, 5) is 66.5. The first-order chi connectivity index (χ1) is 29.0. The lowest BCUT2D eigenvalue weighted by Crippen LogP contribution is -2.18. The van der Waals surface area contributed by atoms with Crippen LogP contribution in [0, 0.1) is 27.9 Å². The van der Waals surface area contributed by atoms with E-state index < -0.39 is 22.7 Å². The molecule has 2 amide bonds. The summed E-state index contributed by atoms with van der Waals surface area (Å²) in [7, 11) is 1.25. The van der Waals surface area contributed by atoms with Crippen LogP contribution in [0.1, 0.15) is 73.0 Å². The zero-order chi connectivity index (χ0) is 44.3. The quantitative estimate of drug-likeness (QED) is 0.0562. The minimum absolute atomic E-state index is 0.0254. The molecule has 0 aliphatic heterocycles. The number of nitro benzene ring substituents is 1. The molecule has 0 aliphatic carbocycles. The van der Waals surface area contributed by atoms with Crippen LogP contribution >= 0.6 is 47.8 Å². The smallest absolute Gasteiger partial charge is 0.356 e. The first-order valence-electron chi connectivity index (χ1n) is 19.1. The molecule has 0 radical (unpaired) electrons. The molecule has 0 saturated heterocycles. The van der Waals surface area contributed by atoms with E-state index in [2.05, 4.69) is 68.4 Å². The molecule has 0 atom stereocenters. The van der Waals surface area contributed by atoms with Gasteiger partial charge in [0.25, 0.3) is 17.5 Å². The lowest BCUT2D eigenvalue weighted by Gasteiger charge is -2.18. The number of benzene rings is 3. The number of anilines is 2. The second kappa shape index (κ2) is 19.1. The molecule has 6 aromatic rings. The molecule has 0 aliphatic rings. The third kappa shape index (κ3) is 10.0. The molecule has 18 heteroatoms. The number of esters is 1. The van der Waals surface area contributed by atoms with E-state index in [9.17, 15) is 24.5 Å². The van der Waals surface area contributed by atoms with Crippen LogP contribution in [0.4, 0.5) is 17.1 Å². The number of amides is 2. The van der Waals surface area contributed by atoms with Crippen LogP contribution in [0.5, 0.6) is 17.2 Å². The van der Waals surface area contributed by atoms with E-state index in [-0.39, 0.29) is 87.4 Å². The van der Waals surface area contributed by atoms with Gasteiger partial charge in [0.05, 0.1) is 70.4 Å². The Balaban J connectivity index is 1.46. The summed E-state index contributed by atoms with van der Waals surface area (Å²) in [6.07, 6.45) is 0. The Hall–Kier alpha value is -5.46. The number of fused-ring (bicyclic) bond motifs is 3. The van der Waals surface area contributed by atoms with E-state index in [0.717, 1.165) is 0 Å². The van der Waals surface area contributed by atoms with Gasteiger partial charge in [-0.1, -0.05) is 41.5 Å². The number of carbonyl (C=O) groups excluding carboxylic acids is 3. The van der Waals surface area contributed by atoms with Crippen LogP contribution < -0.4 is 24.8 Å². The highest BCUT2D eigenvalue weighted by Crippen LogP contribution is 2.41. The fourth-order valence-corrected chi connectivity index (χ4v) is 7.60. The van der Waals surface area contributed by atoms with Crippen molar-refractivity contribution in [3.63, 3.8) is 0 Å². The fraction of sp³-hybridized carbons (Fsp3) is 0.302. The van der Waals surface area contributed by atoms with Crippen molar-refractivity contribution in [1.82, 2.24) is 15.0 Å². The molecule has 6 rings (SSSR count). The van der Waals surface area contributed by atoms with Gasteiger partial charge in [0, 0.05) is 37.7 Å². The van der Waals surface area contributed by atoms with Gasteiger partial charge < -0.3 is 29.6 Å². The lowest BCUT2D eigenvalue weighted by molar-refractivity contribution is -0.383. The van der Waals surface area contributed by atoms with Crippen LogP contribution in [0.25, 0.3) is 32.7 Å². The summed E-state index contributed by atoms with van der Waals surface area (Å²) in [5.74, 6) is -0.800. The largest absolute Gasteiger partial charge is 0.492 e. The summed E-state index contributed by atoms with van der Waals surface area (Å²) < 4.78 is 25.1. The second-order valence-corrected chi connectivity index (χ2v) is 17.8. The van der Waals surface area contributed by atoms with Crippen LogP contribution in [-0.2, 0) is 4.74 Å². The molecular formula is C43H41Br3N6O9. The number of pyridine rings is 3. The van der Waals surface area contributed by atoms with Gasteiger partial charge in [-0.3, -0.25) is 19.7 Å². The van der Waals surface area contributed by atoms with Crippen molar-refractivity contribution in [2.45, 2.75) is 41.5 Å². The number of non-ortho nitro benzene ring substituents is 1. The number of aromatic nitrogens is 3. The Labute approximate surface area is 375 Å². The number of hydrogen-bond donors (Lipinski definition) is 2. The maximum Gasteiger partial charge on any atom is 0.356 e. The monoisotopic (exact) mass is 1020 g/mol. The molecule has 3 heterocycles. The molecule has 15 nitrogen and oxygen atoms in total. The Morgan fingerprint density at radius 1 is 0.607 bits per heavy atom. The number of rotatable bonds is 15.